The first-order valence-corrected chi connectivity index (χ1v) is 13.4. The van der Waals surface area contributed by atoms with Gasteiger partial charge < -0.3 is 29.5 Å². The highest BCUT2D eigenvalue weighted by Crippen LogP contribution is 2.15. The predicted molar refractivity (Wildman–Crippen MR) is 150 cm³/mol. The molecule has 1 unspecified atom stereocenters. The van der Waals surface area contributed by atoms with Gasteiger partial charge in [0.05, 0.1) is 13.2 Å². The number of carbonyl (C=O) groups is 2. The van der Waals surface area contributed by atoms with Crippen LogP contribution in [-0.2, 0) is 33.8 Å². The van der Waals surface area contributed by atoms with E-state index in [1.54, 1.807) is 36.1 Å². The Morgan fingerprint density at radius 3 is 2.27 bits per heavy atom. The standard InChI is InChI=1S/C31H37FN2O6/c1-2-39-29(30(35)36)21-24-11-15-28(16-12-24)40-20-18-34(17-6-19-38-23-26-7-4-3-5-8-26)31(37)33-22-25-9-13-27(32)14-10-25/h3-5,7-16,29H,2,6,17-23H2,1H3,(H,33,37)(H,35,36). The van der Waals surface area contributed by atoms with Gasteiger partial charge in [-0.15, -0.1) is 0 Å². The highest BCUT2D eigenvalue weighted by Gasteiger charge is 2.18. The van der Waals surface area contributed by atoms with Gasteiger partial charge in [0, 0.05) is 32.7 Å². The van der Waals surface area contributed by atoms with E-state index in [1.807, 2.05) is 42.5 Å². The third-order valence-corrected chi connectivity index (χ3v) is 6.09. The number of carboxylic acids is 1. The van der Waals surface area contributed by atoms with Crippen LogP contribution >= 0.6 is 0 Å². The zero-order chi connectivity index (χ0) is 28.6. The molecule has 2 N–H and O–H groups in total. The zero-order valence-corrected chi connectivity index (χ0v) is 22.8. The lowest BCUT2D eigenvalue weighted by Gasteiger charge is -2.23. The highest BCUT2D eigenvalue weighted by molar-refractivity contribution is 5.74. The van der Waals surface area contributed by atoms with E-state index in [-0.39, 0.29) is 31.4 Å². The minimum atomic E-state index is -0.995. The largest absolute Gasteiger partial charge is 0.492 e. The molecule has 0 saturated heterocycles. The number of ether oxygens (including phenoxy) is 3. The molecule has 40 heavy (non-hydrogen) atoms. The van der Waals surface area contributed by atoms with E-state index in [4.69, 9.17) is 14.2 Å². The molecule has 3 aromatic carbocycles. The van der Waals surface area contributed by atoms with Crippen LogP contribution in [0.1, 0.15) is 30.0 Å². The fraction of sp³-hybridized carbons (Fsp3) is 0.355. The van der Waals surface area contributed by atoms with Crippen LogP contribution < -0.4 is 10.1 Å². The van der Waals surface area contributed by atoms with E-state index < -0.39 is 12.1 Å². The summed E-state index contributed by atoms with van der Waals surface area (Å²) in [7, 11) is 0. The number of carbonyl (C=O) groups excluding carboxylic acids is 1. The maximum Gasteiger partial charge on any atom is 0.333 e. The second-order valence-corrected chi connectivity index (χ2v) is 9.14. The van der Waals surface area contributed by atoms with Crippen LogP contribution in [0.2, 0.25) is 0 Å². The Balaban J connectivity index is 1.49. The summed E-state index contributed by atoms with van der Waals surface area (Å²) in [6.07, 6.45) is 0.0175. The van der Waals surface area contributed by atoms with Crippen LogP contribution in [0, 0.1) is 5.82 Å². The Labute approximate surface area is 234 Å². The van der Waals surface area contributed by atoms with E-state index >= 15 is 0 Å². The monoisotopic (exact) mass is 552 g/mol. The third-order valence-electron chi connectivity index (χ3n) is 6.09. The van der Waals surface area contributed by atoms with Gasteiger partial charge in [0.2, 0.25) is 0 Å². The average molecular weight is 553 g/mol. The van der Waals surface area contributed by atoms with Crippen LogP contribution in [0.3, 0.4) is 0 Å². The molecule has 0 aromatic heterocycles. The van der Waals surface area contributed by atoms with Crippen molar-refractivity contribution in [2.75, 3.05) is 32.9 Å². The molecule has 8 nitrogen and oxygen atoms in total. The van der Waals surface area contributed by atoms with Gasteiger partial charge in [-0.3, -0.25) is 0 Å². The lowest BCUT2D eigenvalue weighted by Crippen LogP contribution is -2.42. The number of carboxylic acid groups (broad SMARTS) is 1. The van der Waals surface area contributed by atoms with Gasteiger partial charge in [-0.25, -0.2) is 14.0 Å². The van der Waals surface area contributed by atoms with Gasteiger partial charge in [0.1, 0.15) is 18.2 Å². The molecule has 9 heteroatoms. The molecule has 0 aliphatic heterocycles. The van der Waals surface area contributed by atoms with E-state index in [9.17, 15) is 19.1 Å². The summed E-state index contributed by atoms with van der Waals surface area (Å²) in [4.78, 5) is 25.9. The zero-order valence-electron chi connectivity index (χ0n) is 22.8. The first-order valence-electron chi connectivity index (χ1n) is 13.4. The molecule has 0 aliphatic rings. The molecular formula is C31H37FN2O6. The topological polar surface area (TPSA) is 97.3 Å². The Morgan fingerprint density at radius 2 is 1.60 bits per heavy atom. The lowest BCUT2D eigenvalue weighted by atomic mass is 10.1. The van der Waals surface area contributed by atoms with E-state index in [0.29, 0.717) is 45.1 Å². The maximum absolute atomic E-state index is 13.2. The maximum atomic E-state index is 13.2. The summed E-state index contributed by atoms with van der Waals surface area (Å²) in [5.74, 6) is -0.705. The number of nitrogens with one attached hydrogen (secondary N) is 1. The minimum Gasteiger partial charge on any atom is -0.492 e. The summed E-state index contributed by atoms with van der Waals surface area (Å²) in [5, 5.41) is 12.2. The normalized spacial score (nSPS) is 11.6. The molecule has 0 saturated carbocycles. The third kappa shape index (κ3) is 11.0. The quantitative estimate of drug-likeness (QED) is 0.227. The summed E-state index contributed by atoms with van der Waals surface area (Å²) >= 11 is 0. The van der Waals surface area contributed by atoms with Crippen molar-refractivity contribution in [1.82, 2.24) is 10.2 Å². The van der Waals surface area contributed by atoms with Crippen LogP contribution in [-0.4, -0.2) is 61.0 Å². The molecule has 0 radical (unpaired) electrons. The van der Waals surface area contributed by atoms with Crippen molar-refractivity contribution in [3.63, 3.8) is 0 Å². The van der Waals surface area contributed by atoms with E-state index in [0.717, 1.165) is 16.7 Å². The molecule has 214 valence electrons. The number of hydrogen-bond acceptors (Lipinski definition) is 5. The summed E-state index contributed by atoms with van der Waals surface area (Å²) < 4.78 is 30.1. The molecule has 0 heterocycles. The predicted octanol–water partition coefficient (Wildman–Crippen LogP) is 5.06. The van der Waals surface area contributed by atoms with Crippen molar-refractivity contribution in [2.24, 2.45) is 0 Å². The van der Waals surface area contributed by atoms with Gasteiger partial charge >= 0.3 is 12.0 Å². The van der Waals surface area contributed by atoms with E-state index in [2.05, 4.69) is 5.32 Å². The molecule has 3 rings (SSSR count). The number of benzene rings is 3. The fourth-order valence-electron chi connectivity index (χ4n) is 3.96. The van der Waals surface area contributed by atoms with Crippen LogP contribution in [0.25, 0.3) is 0 Å². The van der Waals surface area contributed by atoms with Crippen molar-refractivity contribution < 1.29 is 33.3 Å². The first-order chi connectivity index (χ1) is 19.4. The molecule has 3 aromatic rings. The molecule has 0 fully saturated rings. The lowest BCUT2D eigenvalue weighted by molar-refractivity contribution is -0.149. The van der Waals surface area contributed by atoms with Crippen LogP contribution in [0.15, 0.2) is 78.9 Å². The molecule has 1 atom stereocenters. The van der Waals surface area contributed by atoms with Crippen molar-refractivity contribution in [1.29, 1.82) is 0 Å². The molecule has 0 bridgehead atoms. The SMILES string of the molecule is CCOC(Cc1ccc(OCCN(CCCOCc2ccccc2)C(=O)NCc2ccc(F)cc2)cc1)C(=O)O. The van der Waals surface area contributed by atoms with Gasteiger partial charge in [-0.1, -0.05) is 54.6 Å². The number of nitrogens with zero attached hydrogens (tertiary/aromatic N) is 1. The second-order valence-electron chi connectivity index (χ2n) is 9.14. The van der Waals surface area contributed by atoms with Crippen molar-refractivity contribution in [3.8, 4) is 5.75 Å². The number of urea groups is 1. The molecule has 0 spiro atoms. The van der Waals surface area contributed by atoms with Gasteiger partial charge in [0.15, 0.2) is 6.10 Å². The fourth-order valence-corrected chi connectivity index (χ4v) is 3.96. The Morgan fingerprint density at radius 1 is 0.900 bits per heavy atom. The number of halogens is 1. The molecular weight excluding hydrogens is 515 g/mol. The Bertz CT molecular complexity index is 1160. The number of amides is 2. The van der Waals surface area contributed by atoms with Gasteiger partial charge in [-0.2, -0.15) is 0 Å². The Kier molecular flexibility index (Phi) is 12.9. The Hall–Kier alpha value is -3.95. The summed E-state index contributed by atoms with van der Waals surface area (Å²) in [5.41, 5.74) is 2.71. The van der Waals surface area contributed by atoms with Crippen molar-refractivity contribution >= 4 is 12.0 Å². The van der Waals surface area contributed by atoms with Crippen molar-refractivity contribution in [3.05, 3.63) is 101 Å². The van der Waals surface area contributed by atoms with E-state index in [1.165, 1.54) is 12.1 Å². The minimum absolute atomic E-state index is 0.248. The van der Waals surface area contributed by atoms with Crippen molar-refractivity contribution in [2.45, 2.75) is 39.0 Å². The first kappa shape index (κ1) is 30.6. The average Bonchev–Trinajstić information content (AvgIpc) is 2.96. The smallest absolute Gasteiger partial charge is 0.333 e. The number of hydrogen-bond donors (Lipinski definition) is 2. The molecule has 2 amide bonds. The second kappa shape index (κ2) is 16.9. The summed E-state index contributed by atoms with van der Waals surface area (Å²) in [6.45, 7) is 4.46. The van der Waals surface area contributed by atoms with Gasteiger partial charge in [0.25, 0.3) is 0 Å². The van der Waals surface area contributed by atoms with Gasteiger partial charge in [-0.05, 0) is 54.3 Å². The molecule has 0 aliphatic carbocycles. The number of aliphatic carboxylic acids is 1. The summed E-state index contributed by atoms with van der Waals surface area (Å²) in [6, 6.07) is 22.8. The highest BCUT2D eigenvalue weighted by atomic mass is 19.1. The number of rotatable bonds is 17. The van der Waals surface area contributed by atoms with Crippen LogP contribution in [0.5, 0.6) is 5.75 Å². The van der Waals surface area contributed by atoms with Crippen LogP contribution in [0.4, 0.5) is 9.18 Å².